The average Bonchev–Trinajstić information content (AvgIpc) is 2.84. The normalized spacial score (nSPS) is 10.7. The summed E-state index contributed by atoms with van der Waals surface area (Å²) in [5, 5.41) is 19.5. The van der Waals surface area contributed by atoms with E-state index in [1.54, 1.807) is 30.0 Å². The molecule has 0 atom stereocenters. The van der Waals surface area contributed by atoms with Gasteiger partial charge in [-0.3, -0.25) is 4.68 Å². The van der Waals surface area contributed by atoms with Crippen LogP contribution >= 0.6 is 11.3 Å². The Kier molecular flexibility index (Phi) is 3.84. The van der Waals surface area contributed by atoms with E-state index in [2.05, 4.69) is 15.4 Å². The van der Waals surface area contributed by atoms with Gasteiger partial charge in [-0.15, -0.1) is 11.3 Å². The highest BCUT2D eigenvalue weighted by Gasteiger charge is 2.19. The molecule has 0 fully saturated rings. The molecule has 102 valence electrons. The third kappa shape index (κ3) is 2.93. The van der Waals surface area contributed by atoms with Crippen LogP contribution in [0.2, 0.25) is 0 Å². The number of rotatable bonds is 5. The molecule has 0 aliphatic carbocycles. The number of nitrogens with one attached hydrogen (secondary N) is 1. The van der Waals surface area contributed by atoms with Crippen molar-refractivity contribution < 1.29 is 9.90 Å². The van der Waals surface area contributed by atoms with Crippen LogP contribution in [0.3, 0.4) is 0 Å². The second-order valence-electron chi connectivity index (χ2n) is 4.27. The minimum Gasteiger partial charge on any atom is -0.477 e. The number of hydrogen-bond donors (Lipinski definition) is 2. The van der Waals surface area contributed by atoms with E-state index in [9.17, 15) is 9.90 Å². The van der Waals surface area contributed by atoms with Gasteiger partial charge in [-0.25, -0.2) is 9.78 Å². The molecule has 2 aromatic rings. The van der Waals surface area contributed by atoms with Gasteiger partial charge in [-0.1, -0.05) is 0 Å². The summed E-state index contributed by atoms with van der Waals surface area (Å²) >= 11 is 1.62. The van der Waals surface area contributed by atoms with Crippen LogP contribution in [-0.4, -0.2) is 32.4 Å². The first-order chi connectivity index (χ1) is 8.99. The second kappa shape index (κ2) is 5.40. The molecule has 0 spiro atoms. The molecule has 0 saturated heterocycles. The Morgan fingerprint density at radius 1 is 1.53 bits per heavy atom. The number of carbonyl (C=O) groups is 1. The topological polar surface area (TPSA) is 80.0 Å². The van der Waals surface area contributed by atoms with E-state index in [4.69, 9.17) is 0 Å². The van der Waals surface area contributed by atoms with Crippen LogP contribution in [0.5, 0.6) is 0 Å². The molecule has 0 amide bonds. The van der Waals surface area contributed by atoms with E-state index in [0.29, 0.717) is 18.1 Å². The fourth-order valence-corrected chi connectivity index (χ4v) is 2.60. The molecule has 0 radical (unpaired) electrons. The smallest absolute Gasteiger partial charge is 0.341 e. The summed E-state index contributed by atoms with van der Waals surface area (Å²) < 4.78 is 1.56. The molecule has 2 heterocycles. The van der Waals surface area contributed by atoms with E-state index in [-0.39, 0.29) is 5.56 Å². The lowest BCUT2D eigenvalue weighted by molar-refractivity contribution is 0.0697. The maximum Gasteiger partial charge on any atom is 0.341 e. The number of aromatic carboxylic acids is 1. The van der Waals surface area contributed by atoms with Gasteiger partial charge >= 0.3 is 5.97 Å². The predicted molar refractivity (Wildman–Crippen MR) is 73.9 cm³/mol. The Morgan fingerprint density at radius 3 is 2.84 bits per heavy atom. The standard InChI is InChI=1S/C12H16N4O2S/c1-7-10(12(17)18)11(16(3)15-7)13-5-4-9-6-19-8(2)14-9/h6,13H,4-5H2,1-3H3,(H,17,18). The first-order valence-corrected chi connectivity index (χ1v) is 6.78. The van der Waals surface area contributed by atoms with E-state index in [0.717, 1.165) is 17.1 Å². The van der Waals surface area contributed by atoms with Gasteiger partial charge < -0.3 is 10.4 Å². The quantitative estimate of drug-likeness (QED) is 0.873. The van der Waals surface area contributed by atoms with Crippen LogP contribution in [0.15, 0.2) is 5.38 Å². The molecule has 7 heteroatoms. The van der Waals surface area contributed by atoms with E-state index in [1.807, 2.05) is 12.3 Å². The average molecular weight is 280 g/mol. The zero-order valence-corrected chi connectivity index (χ0v) is 11.9. The summed E-state index contributed by atoms with van der Waals surface area (Å²) in [5.74, 6) is -0.422. The van der Waals surface area contributed by atoms with E-state index in [1.165, 1.54) is 0 Å². The molecule has 0 aromatic carbocycles. The van der Waals surface area contributed by atoms with Crippen LogP contribution in [0.1, 0.15) is 26.8 Å². The van der Waals surface area contributed by atoms with Crippen LogP contribution in [0.4, 0.5) is 5.82 Å². The molecule has 19 heavy (non-hydrogen) atoms. The van der Waals surface area contributed by atoms with Crippen molar-refractivity contribution in [2.24, 2.45) is 7.05 Å². The third-order valence-corrected chi connectivity index (χ3v) is 3.60. The summed E-state index contributed by atoms with van der Waals surface area (Å²) in [6.45, 7) is 4.29. The minimum absolute atomic E-state index is 0.233. The molecule has 2 N–H and O–H groups in total. The molecule has 2 rings (SSSR count). The Hall–Kier alpha value is -1.89. The molecule has 0 bridgehead atoms. The highest BCUT2D eigenvalue weighted by molar-refractivity contribution is 7.09. The van der Waals surface area contributed by atoms with E-state index >= 15 is 0 Å². The molecule has 0 aliphatic heterocycles. The zero-order valence-electron chi connectivity index (χ0n) is 11.1. The van der Waals surface area contributed by atoms with Gasteiger partial charge in [0.15, 0.2) is 0 Å². The summed E-state index contributed by atoms with van der Waals surface area (Å²) in [5.41, 5.74) is 1.77. The van der Waals surface area contributed by atoms with Gasteiger partial charge in [0.25, 0.3) is 0 Å². The lowest BCUT2D eigenvalue weighted by Crippen LogP contribution is -2.12. The Balaban J connectivity index is 2.05. The number of hydrogen-bond acceptors (Lipinski definition) is 5. The minimum atomic E-state index is -0.961. The number of nitrogens with zero attached hydrogens (tertiary/aromatic N) is 3. The molecule has 6 nitrogen and oxygen atoms in total. The number of carboxylic acid groups (broad SMARTS) is 1. The third-order valence-electron chi connectivity index (χ3n) is 2.78. The first kappa shape index (κ1) is 13.5. The summed E-state index contributed by atoms with van der Waals surface area (Å²) in [4.78, 5) is 15.6. The molecular weight excluding hydrogens is 264 g/mol. The van der Waals surface area contributed by atoms with Crippen LogP contribution in [0, 0.1) is 13.8 Å². The number of thiazole rings is 1. The molecule has 2 aromatic heterocycles. The molecule has 0 saturated carbocycles. The SMILES string of the molecule is Cc1nc(CCNc2c(C(=O)O)c(C)nn2C)cs1. The summed E-state index contributed by atoms with van der Waals surface area (Å²) in [7, 11) is 1.73. The fourth-order valence-electron chi connectivity index (χ4n) is 1.95. The maximum absolute atomic E-state index is 11.2. The summed E-state index contributed by atoms with van der Waals surface area (Å²) in [6.07, 6.45) is 0.758. The lowest BCUT2D eigenvalue weighted by Gasteiger charge is -2.06. The molecule has 0 unspecified atom stereocenters. The van der Waals surface area contributed by atoms with Crippen molar-refractivity contribution in [3.63, 3.8) is 0 Å². The number of aromatic nitrogens is 3. The van der Waals surface area contributed by atoms with Crippen molar-refractivity contribution in [1.82, 2.24) is 14.8 Å². The van der Waals surface area contributed by atoms with Gasteiger partial charge in [-0.2, -0.15) is 5.10 Å². The Labute approximate surface area is 115 Å². The van der Waals surface area contributed by atoms with E-state index < -0.39 is 5.97 Å². The van der Waals surface area contributed by atoms with Gasteiger partial charge in [0, 0.05) is 25.4 Å². The Morgan fingerprint density at radius 2 is 2.26 bits per heavy atom. The van der Waals surface area contributed by atoms with Crippen LogP contribution in [0.25, 0.3) is 0 Å². The highest BCUT2D eigenvalue weighted by Crippen LogP contribution is 2.18. The van der Waals surface area contributed by atoms with Crippen molar-refractivity contribution in [3.05, 3.63) is 27.3 Å². The van der Waals surface area contributed by atoms with Gasteiger partial charge in [0.2, 0.25) is 0 Å². The number of aryl methyl sites for hydroxylation is 3. The predicted octanol–water partition coefficient (Wildman–Crippen LogP) is 1.85. The highest BCUT2D eigenvalue weighted by atomic mass is 32.1. The van der Waals surface area contributed by atoms with Crippen LogP contribution in [-0.2, 0) is 13.5 Å². The van der Waals surface area contributed by atoms with Crippen molar-refractivity contribution in [2.75, 3.05) is 11.9 Å². The van der Waals surface area contributed by atoms with Gasteiger partial charge in [0.05, 0.1) is 16.4 Å². The largest absolute Gasteiger partial charge is 0.477 e. The van der Waals surface area contributed by atoms with Gasteiger partial charge in [0.1, 0.15) is 11.4 Å². The summed E-state index contributed by atoms with van der Waals surface area (Å²) in [6, 6.07) is 0. The van der Waals surface area contributed by atoms with Crippen LogP contribution < -0.4 is 5.32 Å². The zero-order chi connectivity index (χ0) is 14.0. The number of carboxylic acids is 1. The van der Waals surface area contributed by atoms with Crippen molar-refractivity contribution in [2.45, 2.75) is 20.3 Å². The number of anilines is 1. The lowest BCUT2D eigenvalue weighted by atomic mass is 10.2. The Bertz CT molecular complexity index is 603. The monoisotopic (exact) mass is 280 g/mol. The second-order valence-corrected chi connectivity index (χ2v) is 5.33. The van der Waals surface area contributed by atoms with Gasteiger partial charge in [-0.05, 0) is 13.8 Å². The molecular formula is C12H16N4O2S. The van der Waals surface area contributed by atoms with Crippen molar-refractivity contribution in [3.8, 4) is 0 Å². The first-order valence-electron chi connectivity index (χ1n) is 5.90. The fraction of sp³-hybridized carbons (Fsp3) is 0.417. The molecule has 0 aliphatic rings. The maximum atomic E-state index is 11.2. The van der Waals surface area contributed by atoms with Crippen molar-refractivity contribution in [1.29, 1.82) is 0 Å². The van der Waals surface area contributed by atoms with Crippen molar-refractivity contribution >= 4 is 23.1 Å².